The first-order valence-electron chi connectivity index (χ1n) is 6.86. The Bertz CT molecular complexity index is 367. The Labute approximate surface area is 110 Å². The molecular weight excluding hydrogens is 225 g/mol. The minimum Gasteiger partial charge on any atom is -0.423 e. The lowest BCUT2D eigenvalue weighted by atomic mass is 9.80. The molecule has 18 heavy (non-hydrogen) atoms. The predicted octanol–water partition coefficient (Wildman–Crippen LogP) is 1.13. The van der Waals surface area contributed by atoms with E-state index in [4.69, 9.17) is 10.0 Å². The molecule has 0 bridgehead atoms. The van der Waals surface area contributed by atoms with E-state index >= 15 is 0 Å². The van der Waals surface area contributed by atoms with Crippen LogP contribution in [0.1, 0.15) is 38.2 Å². The van der Waals surface area contributed by atoms with Crippen molar-refractivity contribution in [3.63, 3.8) is 0 Å². The Balaban J connectivity index is 1.99. The smallest absolute Gasteiger partial charge is 0.423 e. The van der Waals surface area contributed by atoms with Crippen LogP contribution < -0.4 is 5.46 Å². The highest BCUT2D eigenvalue weighted by Gasteiger charge is 2.17. The molecule has 1 atom stereocenters. The van der Waals surface area contributed by atoms with E-state index in [9.17, 15) is 0 Å². The zero-order valence-corrected chi connectivity index (χ0v) is 11.0. The molecule has 98 valence electrons. The largest absolute Gasteiger partial charge is 0.488 e. The molecule has 4 heteroatoms. The SMILES string of the molecule is CC1CCCCCN1Cc1ccc(B(O)O)cc1. The molecule has 0 saturated carbocycles. The van der Waals surface area contributed by atoms with Crippen LogP contribution >= 0.6 is 0 Å². The number of likely N-dealkylation sites (tertiary alicyclic amines) is 1. The predicted molar refractivity (Wildman–Crippen MR) is 74.6 cm³/mol. The van der Waals surface area contributed by atoms with Crippen LogP contribution in [0.5, 0.6) is 0 Å². The summed E-state index contributed by atoms with van der Waals surface area (Å²) in [7, 11) is -1.36. The lowest BCUT2D eigenvalue weighted by Gasteiger charge is -2.26. The summed E-state index contributed by atoms with van der Waals surface area (Å²) in [6, 6.07) is 8.22. The Hall–Kier alpha value is -0.835. The third-order valence-corrected chi connectivity index (χ3v) is 3.85. The molecule has 1 aliphatic heterocycles. The fraction of sp³-hybridized carbons (Fsp3) is 0.571. The van der Waals surface area contributed by atoms with Crippen LogP contribution in [0.2, 0.25) is 0 Å². The van der Waals surface area contributed by atoms with Crippen molar-refractivity contribution in [2.75, 3.05) is 6.54 Å². The molecule has 0 aliphatic carbocycles. The lowest BCUT2D eigenvalue weighted by Crippen LogP contribution is -2.32. The molecule has 1 fully saturated rings. The Kier molecular flexibility index (Phi) is 4.81. The van der Waals surface area contributed by atoms with Gasteiger partial charge in [-0.1, -0.05) is 37.1 Å². The molecule has 1 saturated heterocycles. The maximum Gasteiger partial charge on any atom is 0.488 e. The summed E-state index contributed by atoms with van der Waals surface area (Å²) in [5.41, 5.74) is 1.80. The summed E-state index contributed by atoms with van der Waals surface area (Å²) in [6.07, 6.45) is 5.26. The summed E-state index contributed by atoms with van der Waals surface area (Å²) in [4.78, 5) is 2.53. The van der Waals surface area contributed by atoms with Crippen molar-refractivity contribution in [2.24, 2.45) is 0 Å². The summed E-state index contributed by atoms with van der Waals surface area (Å²) in [5.74, 6) is 0. The average Bonchev–Trinajstić information content (AvgIpc) is 2.56. The van der Waals surface area contributed by atoms with Gasteiger partial charge in [0.15, 0.2) is 0 Å². The molecule has 1 aromatic rings. The minimum atomic E-state index is -1.36. The highest BCUT2D eigenvalue weighted by Crippen LogP contribution is 2.18. The van der Waals surface area contributed by atoms with Crippen molar-refractivity contribution in [1.82, 2.24) is 4.90 Å². The number of hydrogen-bond donors (Lipinski definition) is 2. The second-order valence-corrected chi connectivity index (χ2v) is 5.28. The highest BCUT2D eigenvalue weighted by atomic mass is 16.4. The van der Waals surface area contributed by atoms with Gasteiger partial charge < -0.3 is 10.0 Å². The van der Waals surface area contributed by atoms with Gasteiger partial charge in [0, 0.05) is 12.6 Å². The average molecular weight is 247 g/mol. The van der Waals surface area contributed by atoms with Gasteiger partial charge in [0.1, 0.15) is 0 Å². The third-order valence-electron chi connectivity index (χ3n) is 3.85. The lowest BCUT2D eigenvalue weighted by molar-refractivity contribution is 0.205. The molecule has 0 spiro atoms. The molecule has 1 heterocycles. The van der Waals surface area contributed by atoms with E-state index in [-0.39, 0.29) is 0 Å². The van der Waals surface area contributed by atoms with E-state index in [1.165, 1.54) is 37.8 Å². The first-order chi connectivity index (χ1) is 8.66. The first-order valence-corrected chi connectivity index (χ1v) is 6.86. The minimum absolute atomic E-state index is 0.558. The van der Waals surface area contributed by atoms with E-state index in [0.29, 0.717) is 11.5 Å². The zero-order chi connectivity index (χ0) is 13.0. The van der Waals surface area contributed by atoms with Gasteiger partial charge in [0.05, 0.1) is 0 Å². The van der Waals surface area contributed by atoms with E-state index in [0.717, 1.165) is 6.54 Å². The second-order valence-electron chi connectivity index (χ2n) is 5.28. The fourth-order valence-corrected chi connectivity index (χ4v) is 2.60. The van der Waals surface area contributed by atoms with Crippen molar-refractivity contribution < 1.29 is 10.0 Å². The Morgan fingerprint density at radius 3 is 2.56 bits per heavy atom. The van der Waals surface area contributed by atoms with Gasteiger partial charge in [-0.15, -0.1) is 0 Å². The van der Waals surface area contributed by atoms with Crippen LogP contribution in [-0.4, -0.2) is 34.7 Å². The summed E-state index contributed by atoms with van der Waals surface area (Å²) < 4.78 is 0. The zero-order valence-electron chi connectivity index (χ0n) is 11.0. The quantitative estimate of drug-likeness (QED) is 0.787. The Morgan fingerprint density at radius 2 is 1.89 bits per heavy atom. The summed E-state index contributed by atoms with van der Waals surface area (Å²) >= 11 is 0. The van der Waals surface area contributed by atoms with E-state index in [1.54, 1.807) is 12.1 Å². The molecule has 1 aromatic carbocycles. The van der Waals surface area contributed by atoms with Crippen molar-refractivity contribution in [2.45, 2.75) is 45.2 Å². The van der Waals surface area contributed by atoms with Gasteiger partial charge in [-0.05, 0) is 37.3 Å². The molecular formula is C14H22BNO2. The van der Waals surface area contributed by atoms with E-state index in [1.807, 2.05) is 12.1 Å². The molecule has 1 unspecified atom stereocenters. The molecule has 1 aliphatic rings. The van der Waals surface area contributed by atoms with E-state index in [2.05, 4.69) is 11.8 Å². The van der Waals surface area contributed by atoms with Crippen LogP contribution in [0.15, 0.2) is 24.3 Å². The van der Waals surface area contributed by atoms with Gasteiger partial charge in [-0.25, -0.2) is 0 Å². The normalized spacial score (nSPS) is 21.6. The van der Waals surface area contributed by atoms with Crippen LogP contribution in [0, 0.1) is 0 Å². The molecule has 3 nitrogen and oxygen atoms in total. The number of benzene rings is 1. The van der Waals surface area contributed by atoms with Crippen molar-refractivity contribution >= 4 is 12.6 Å². The van der Waals surface area contributed by atoms with Crippen molar-refractivity contribution in [3.05, 3.63) is 29.8 Å². The monoisotopic (exact) mass is 247 g/mol. The highest BCUT2D eigenvalue weighted by molar-refractivity contribution is 6.58. The van der Waals surface area contributed by atoms with Crippen molar-refractivity contribution in [1.29, 1.82) is 0 Å². The van der Waals surface area contributed by atoms with Crippen LogP contribution in [0.4, 0.5) is 0 Å². The summed E-state index contributed by atoms with van der Waals surface area (Å²) in [5, 5.41) is 18.1. The number of nitrogens with zero attached hydrogens (tertiary/aromatic N) is 1. The topological polar surface area (TPSA) is 43.7 Å². The van der Waals surface area contributed by atoms with Crippen LogP contribution in [-0.2, 0) is 6.54 Å². The van der Waals surface area contributed by atoms with Crippen molar-refractivity contribution in [3.8, 4) is 0 Å². The van der Waals surface area contributed by atoms with Crippen LogP contribution in [0.3, 0.4) is 0 Å². The van der Waals surface area contributed by atoms with Gasteiger partial charge in [-0.3, -0.25) is 4.90 Å². The maximum atomic E-state index is 9.06. The summed E-state index contributed by atoms with van der Waals surface area (Å²) in [6.45, 7) is 4.44. The molecule has 2 rings (SSSR count). The number of rotatable bonds is 3. The van der Waals surface area contributed by atoms with E-state index < -0.39 is 7.12 Å². The molecule has 0 amide bonds. The van der Waals surface area contributed by atoms with Gasteiger partial charge >= 0.3 is 7.12 Å². The second kappa shape index (κ2) is 6.37. The van der Waals surface area contributed by atoms with Gasteiger partial charge in [0.2, 0.25) is 0 Å². The first kappa shape index (κ1) is 13.6. The maximum absolute atomic E-state index is 9.06. The molecule has 2 N–H and O–H groups in total. The van der Waals surface area contributed by atoms with Crippen LogP contribution in [0.25, 0.3) is 0 Å². The van der Waals surface area contributed by atoms with Gasteiger partial charge in [-0.2, -0.15) is 0 Å². The third kappa shape index (κ3) is 3.58. The molecule has 0 aromatic heterocycles. The molecule has 0 radical (unpaired) electrons. The Morgan fingerprint density at radius 1 is 1.17 bits per heavy atom. The number of hydrogen-bond acceptors (Lipinski definition) is 3. The van der Waals surface area contributed by atoms with Gasteiger partial charge in [0.25, 0.3) is 0 Å². The fourth-order valence-electron chi connectivity index (χ4n) is 2.60. The standard InChI is InChI=1S/C14H22BNO2/c1-12-5-3-2-4-10-16(12)11-13-6-8-14(9-7-13)15(17)18/h6-9,12,17-18H,2-5,10-11H2,1H3.